The largest absolute Gasteiger partial charge is 0.359 e. The van der Waals surface area contributed by atoms with E-state index in [0.29, 0.717) is 0 Å². The molecule has 3 heteroatoms. The Balaban J connectivity index is 2.11. The van der Waals surface area contributed by atoms with Gasteiger partial charge in [0.2, 0.25) is 5.91 Å². The molecule has 3 rings (SSSR count). The third kappa shape index (κ3) is 2.87. The minimum Gasteiger partial charge on any atom is -0.359 e. The smallest absolute Gasteiger partial charge is 0.230 e. The quantitative estimate of drug-likeness (QED) is 0.730. The van der Waals surface area contributed by atoms with E-state index in [-0.39, 0.29) is 17.9 Å². The molecule has 0 aliphatic carbocycles. The lowest BCUT2D eigenvalue weighted by Crippen LogP contribution is -2.36. The highest BCUT2D eigenvalue weighted by molar-refractivity contribution is 6.04. The van der Waals surface area contributed by atoms with Gasteiger partial charge in [0, 0.05) is 23.0 Å². The minimum atomic E-state index is -0.0603. The normalized spacial score (nSPS) is 12.5. The number of aromatic amines is 1. The lowest BCUT2D eigenvalue weighted by atomic mass is 10.0. The molecule has 0 saturated carbocycles. The van der Waals surface area contributed by atoms with Gasteiger partial charge in [-0.3, -0.25) is 4.79 Å². The van der Waals surface area contributed by atoms with Crippen LogP contribution < -0.4 is 4.90 Å². The first kappa shape index (κ1) is 15.3. The van der Waals surface area contributed by atoms with E-state index in [0.717, 1.165) is 22.2 Å². The molecule has 23 heavy (non-hydrogen) atoms. The molecule has 1 heterocycles. The Morgan fingerprint density at radius 2 is 1.61 bits per heavy atom. The number of rotatable bonds is 4. The van der Waals surface area contributed by atoms with Crippen molar-refractivity contribution >= 4 is 22.5 Å². The van der Waals surface area contributed by atoms with Gasteiger partial charge in [-0.05, 0) is 18.6 Å². The number of para-hydroxylation sites is 1. The maximum Gasteiger partial charge on any atom is 0.230 e. The summed E-state index contributed by atoms with van der Waals surface area (Å²) in [5, 5.41) is 1.07. The van der Waals surface area contributed by atoms with Gasteiger partial charge in [-0.1, -0.05) is 62.4 Å². The zero-order valence-corrected chi connectivity index (χ0v) is 13.8. The van der Waals surface area contributed by atoms with Crippen molar-refractivity contribution in [2.45, 2.75) is 26.8 Å². The zero-order valence-electron chi connectivity index (χ0n) is 13.8. The summed E-state index contributed by atoms with van der Waals surface area (Å²) in [5.41, 5.74) is 3.12. The molecule has 1 N–H and O–H groups in total. The molecule has 0 fully saturated rings. The van der Waals surface area contributed by atoms with Gasteiger partial charge in [0.1, 0.15) is 0 Å². The molecule has 2 aromatic carbocycles. The summed E-state index contributed by atoms with van der Waals surface area (Å²) in [6.45, 7) is 5.97. The van der Waals surface area contributed by atoms with Gasteiger partial charge in [-0.25, -0.2) is 0 Å². The molecule has 0 saturated heterocycles. The van der Waals surface area contributed by atoms with Gasteiger partial charge < -0.3 is 9.88 Å². The van der Waals surface area contributed by atoms with Crippen molar-refractivity contribution in [3.8, 4) is 0 Å². The predicted molar refractivity (Wildman–Crippen MR) is 95.5 cm³/mol. The van der Waals surface area contributed by atoms with Crippen LogP contribution in [0.15, 0.2) is 60.8 Å². The minimum absolute atomic E-state index is 0.0229. The lowest BCUT2D eigenvalue weighted by Gasteiger charge is -2.30. The molecular weight excluding hydrogens is 284 g/mol. The van der Waals surface area contributed by atoms with Crippen molar-refractivity contribution in [1.29, 1.82) is 0 Å². The molecule has 1 unspecified atom stereocenters. The first-order valence-electron chi connectivity index (χ1n) is 8.03. The van der Waals surface area contributed by atoms with Crippen LogP contribution in [0.5, 0.6) is 0 Å². The highest BCUT2D eigenvalue weighted by Gasteiger charge is 2.27. The first-order chi connectivity index (χ1) is 11.1. The van der Waals surface area contributed by atoms with E-state index in [1.54, 1.807) is 0 Å². The van der Waals surface area contributed by atoms with Crippen LogP contribution in [0.2, 0.25) is 0 Å². The second-order valence-electron chi connectivity index (χ2n) is 6.17. The summed E-state index contributed by atoms with van der Waals surface area (Å²) in [4.78, 5) is 18.1. The van der Waals surface area contributed by atoms with Crippen molar-refractivity contribution in [2.75, 3.05) is 4.90 Å². The number of fused-ring (bicyclic) bond motifs is 1. The number of hydrogen-bond donors (Lipinski definition) is 1. The fraction of sp³-hybridized carbons (Fsp3) is 0.250. The zero-order chi connectivity index (χ0) is 16.4. The fourth-order valence-electron chi connectivity index (χ4n) is 2.93. The number of H-pyrrole nitrogens is 1. The highest BCUT2D eigenvalue weighted by Crippen LogP contribution is 2.34. The summed E-state index contributed by atoms with van der Waals surface area (Å²) in [7, 11) is 0. The fourth-order valence-corrected chi connectivity index (χ4v) is 2.93. The van der Waals surface area contributed by atoms with Crippen LogP contribution >= 0.6 is 0 Å². The number of amides is 1. The number of anilines is 1. The molecule has 3 aromatic rings. The maximum atomic E-state index is 12.9. The summed E-state index contributed by atoms with van der Waals surface area (Å²) < 4.78 is 0. The van der Waals surface area contributed by atoms with Crippen LogP contribution in [-0.4, -0.2) is 10.9 Å². The Hall–Kier alpha value is -2.55. The third-order valence-electron chi connectivity index (χ3n) is 4.23. The molecule has 1 atom stereocenters. The van der Waals surface area contributed by atoms with E-state index in [2.05, 4.69) is 30.1 Å². The second-order valence-corrected chi connectivity index (χ2v) is 6.17. The summed E-state index contributed by atoms with van der Waals surface area (Å²) in [5.74, 6) is 0.0703. The standard InChI is InChI=1S/C20H22N2O/c1-14(2)20(23)22(15(3)16-9-5-4-6-10-16)19-13-21-18-12-8-7-11-17(18)19/h4-15,21H,1-3H3. The Kier molecular flexibility index (Phi) is 4.20. The maximum absolute atomic E-state index is 12.9. The number of benzene rings is 2. The van der Waals surface area contributed by atoms with E-state index in [1.807, 2.05) is 61.3 Å². The van der Waals surface area contributed by atoms with Crippen LogP contribution in [-0.2, 0) is 4.79 Å². The van der Waals surface area contributed by atoms with E-state index < -0.39 is 0 Å². The average molecular weight is 306 g/mol. The van der Waals surface area contributed by atoms with Gasteiger partial charge in [0.05, 0.1) is 11.7 Å². The number of nitrogens with zero attached hydrogens (tertiary/aromatic N) is 1. The van der Waals surface area contributed by atoms with E-state index in [9.17, 15) is 4.79 Å². The van der Waals surface area contributed by atoms with Crippen molar-refractivity contribution in [3.63, 3.8) is 0 Å². The Morgan fingerprint density at radius 3 is 2.30 bits per heavy atom. The topological polar surface area (TPSA) is 36.1 Å². The SMILES string of the molecule is CC(C)C(=O)N(c1c[nH]c2ccccc12)C(C)c1ccccc1. The van der Waals surface area contributed by atoms with Gasteiger partial charge in [-0.15, -0.1) is 0 Å². The van der Waals surface area contributed by atoms with Crippen molar-refractivity contribution < 1.29 is 4.79 Å². The molecule has 0 bridgehead atoms. The van der Waals surface area contributed by atoms with Gasteiger partial charge in [0.25, 0.3) is 0 Å². The number of hydrogen-bond acceptors (Lipinski definition) is 1. The molecule has 0 spiro atoms. The Labute approximate surface area is 136 Å². The van der Waals surface area contributed by atoms with Gasteiger partial charge in [0.15, 0.2) is 0 Å². The van der Waals surface area contributed by atoms with Crippen molar-refractivity contribution in [1.82, 2.24) is 4.98 Å². The Bertz CT molecular complexity index is 805. The van der Waals surface area contributed by atoms with Gasteiger partial charge >= 0.3 is 0 Å². The molecule has 3 nitrogen and oxygen atoms in total. The van der Waals surface area contributed by atoms with E-state index >= 15 is 0 Å². The van der Waals surface area contributed by atoms with Crippen LogP contribution in [0.1, 0.15) is 32.4 Å². The molecule has 118 valence electrons. The van der Waals surface area contributed by atoms with Crippen molar-refractivity contribution in [2.24, 2.45) is 5.92 Å². The van der Waals surface area contributed by atoms with Gasteiger partial charge in [-0.2, -0.15) is 0 Å². The summed E-state index contributed by atoms with van der Waals surface area (Å²) >= 11 is 0. The third-order valence-corrected chi connectivity index (χ3v) is 4.23. The molecule has 1 aromatic heterocycles. The molecular formula is C20H22N2O. The van der Waals surface area contributed by atoms with E-state index in [1.165, 1.54) is 0 Å². The number of carbonyl (C=O) groups is 1. The summed E-state index contributed by atoms with van der Waals surface area (Å²) in [6, 6.07) is 18.2. The second kappa shape index (κ2) is 6.29. The number of nitrogens with one attached hydrogen (secondary N) is 1. The van der Waals surface area contributed by atoms with Crippen LogP contribution in [0.4, 0.5) is 5.69 Å². The number of carbonyl (C=O) groups excluding carboxylic acids is 1. The van der Waals surface area contributed by atoms with Crippen LogP contribution in [0, 0.1) is 5.92 Å². The summed E-state index contributed by atoms with van der Waals surface area (Å²) in [6.07, 6.45) is 1.93. The highest BCUT2D eigenvalue weighted by atomic mass is 16.2. The average Bonchev–Trinajstić information content (AvgIpc) is 2.99. The predicted octanol–water partition coefficient (Wildman–Crippen LogP) is 4.92. The Morgan fingerprint density at radius 1 is 0.957 bits per heavy atom. The molecule has 1 amide bonds. The lowest BCUT2D eigenvalue weighted by molar-refractivity contribution is -0.121. The van der Waals surface area contributed by atoms with E-state index in [4.69, 9.17) is 0 Å². The monoisotopic (exact) mass is 306 g/mol. The number of aromatic nitrogens is 1. The molecule has 0 aliphatic rings. The van der Waals surface area contributed by atoms with Crippen LogP contribution in [0.25, 0.3) is 10.9 Å². The van der Waals surface area contributed by atoms with Crippen LogP contribution in [0.3, 0.4) is 0 Å². The van der Waals surface area contributed by atoms with Crippen molar-refractivity contribution in [3.05, 3.63) is 66.4 Å². The molecule has 0 radical (unpaired) electrons. The molecule has 0 aliphatic heterocycles. The first-order valence-corrected chi connectivity index (χ1v) is 8.03.